The van der Waals surface area contributed by atoms with Gasteiger partial charge in [0.15, 0.2) is 0 Å². The third-order valence-corrected chi connectivity index (χ3v) is 4.79. The average molecular weight is 360 g/mol. The molecule has 0 N–H and O–H groups in total. The van der Waals surface area contributed by atoms with Crippen molar-refractivity contribution in [1.29, 1.82) is 0 Å². The Kier molecular flexibility index (Phi) is 5.81. The van der Waals surface area contributed by atoms with Crippen molar-refractivity contribution in [2.45, 2.75) is 26.3 Å². The highest BCUT2D eigenvalue weighted by molar-refractivity contribution is 5.91. The summed E-state index contributed by atoms with van der Waals surface area (Å²) in [7, 11) is 1.82. The molecule has 0 bridgehead atoms. The van der Waals surface area contributed by atoms with Crippen LogP contribution in [-0.4, -0.2) is 32.6 Å². The lowest BCUT2D eigenvalue weighted by molar-refractivity contribution is -0.126. The molecule has 5 heteroatoms. The maximum absolute atomic E-state index is 12.5. The van der Waals surface area contributed by atoms with E-state index in [4.69, 9.17) is 0 Å². The summed E-state index contributed by atoms with van der Waals surface area (Å²) in [6.07, 6.45) is 7.66. The number of benzene rings is 2. The van der Waals surface area contributed by atoms with E-state index >= 15 is 0 Å². The second-order valence-electron chi connectivity index (χ2n) is 6.49. The maximum atomic E-state index is 12.5. The zero-order chi connectivity index (χ0) is 19.2. The predicted octanol–water partition coefficient (Wildman–Crippen LogP) is 4.06. The number of aryl methyl sites for hydroxylation is 1. The molecule has 0 saturated carbocycles. The van der Waals surface area contributed by atoms with Gasteiger partial charge < -0.3 is 4.90 Å². The van der Waals surface area contributed by atoms with Gasteiger partial charge in [0.2, 0.25) is 5.91 Å². The quantitative estimate of drug-likeness (QED) is 0.623. The molecule has 0 saturated heterocycles. The van der Waals surface area contributed by atoms with Gasteiger partial charge >= 0.3 is 0 Å². The van der Waals surface area contributed by atoms with Gasteiger partial charge in [-0.1, -0.05) is 43.3 Å². The van der Waals surface area contributed by atoms with Gasteiger partial charge in [-0.25, -0.2) is 9.67 Å². The standard InChI is InChI=1S/C22H24N4O/c1-4-18-5-7-19(8-6-18)9-14-22(27)25(3)17(2)20-10-12-21(13-11-20)26-16-23-15-24-26/h5-17H,4H2,1-3H3/b14-9+/t17-/m0/s1. The summed E-state index contributed by atoms with van der Waals surface area (Å²) < 4.78 is 1.70. The number of hydrogen-bond donors (Lipinski definition) is 0. The number of carbonyl (C=O) groups is 1. The summed E-state index contributed by atoms with van der Waals surface area (Å²) in [5.74, 6) is -0.0255. The van der Waals surface area contributed by atoms with Crippen molar-refractivity contribution in [3.63, 3.8) is 0 Å². The van der Waals surface area contributed by atoms with Gasteiger partial charge in [-0.3, -0.25) is 4.79 Å². The Labute approximate surface area is 160 Å². The highest BCUT2D eigenvalue weighted by Crippen LogP contribution is 2.20. The highest BCUT2D eigenvalue weighted by atomic mass is 16.2. The first-order valence-corrected chi connectivity index (χ1v) is 9.07. The lowest BCUT2D eigenvalue weighted by atomic mass is 10.1. The van der Waals surface area contributed by atoms with Crippen molar-refractivity contribution in [2.24, 2.45) is 0 Å². The van der Waals surface area contributed by atoms with Crippen LogP contribution in [0.15, 0.2) is 67.3 Å². The minimum absolute atomic E-state index is 0.0255. The molecule has 2 aromatic carbocycles. The van der Waals surface area contributed by atoms with Crippen LogP contribution >= 0.6 is 0 Å². The van der Waals surface area contributed by atoms with Crippen molar-refractivity contribution < 1.29 is 4.79 Å². The fraction of sp³-hybridized carbons (Fsp3) is 0.227. The molecule has 3 rings (SSSR count). The Morgan fingerprint density at radius 3 is 2.44 bits per heavy atom. The third-order valence-electron chi connectivity index (χ3n) is 4.79. The first-order chi connectivity index (χ1) is 13.1. The van der Waals surface area contributed by atoms with Crippen LogP contribution in [-0.2, 0) is 11.2 Å². The molecule has 0 aliphatic carbocycles. The number of carbonyl (C=O) groups excluding carboxylic acids is 1. The van der Waals surface area contributed by atoms with Gasteiger partial charge in [0, 0.05) is 13.1 Å². The molecule has 138 valence electrons. The van der Waals surface area contributed by atoms with Crippen LogP contribution in [0.1, 0.15) is 36.6 Å². The van der Waals surface area contributed by atoms with Gasteiger partial charge in [0.1, 0.15) is 12.7 Å². The normalized spacial score (nSPS) is 12.3. The molecule has 0 unspecified atom stereocenters. The van der Waals surface area contributed by atoms with Gasteiger partial charge in [0.25, 0.3) is 0 Å². The molecule has 1 atom stereocenters. The molecule has 0 spiro atoms. The zero-order valence-corrected chi connectivity index (χ0v) is 15.9. The van der Waals surface area contributed by atoms with Crippen LogP contribution in [0.3, 0.4) is 0 Å². The lowest BCUT2D eigenvalue weighted by Gasteiger charge is -2.24. The van der Waals surface area contributed by atoms with Crippen LogP contribution in [0.25, 0.3) is 11.8 Å². The van der Waals surface area contributed by atoms with Gasteiger partial charge in [-0.15, -0.1) is 0 Å². The molecule has 0 aliphatic rings. The van der Waals surface area contributed by atoms with E-state index in [2.05, 4.69) is 29.1 Å². The Bertz CT molecular complexity index is 897. The van der Waals surface area contributed by atoms with Crippen LogP contribution in [0.4, 0.5) is 0 Å². The molecule has 0 radical (unpaired) electrons. The smallest absolute Gasteiger partial charge is 0.246 e. The topological polar surface area (TPSA) is 51.0 Å². The van der Waals surface area contributed by atoms with E-state index in [0.717, 1.165) is 23.2 Å². The minimum Gasteiger partial charge on any atom is -0.335 e. The van der Waals surface area contributed by atoms with Crippen LogP contribution in [0.2, 0.25) is 0 Å². The minimum atomic E-state index is -0.0330. The van der Waals surface area contributed by atoms with E-state index < -0.39 is 0 Å². The molecule has 1 amide bonds. The lowest BCUT2D eigenvalue weighted by Crippen LogP contribution is -2.27. The van der Waals surface area contributed by atoms with Crippen molar-refractivity contribution in [2.75, 3.05) is 7.05 Å². The fourth-order valence-electron chi connectivity index (χ4n) is 2.81. The second-order valence-corrected chi connectivity index (χ2v) is 6.49. The van der Waals surface area contributed by atoms with Crippen LogP contribution < -0.4 is 0 Å². The number of nitrogens with zero attached hydrogens (tertiary/aromatic N) is 4. The molecule has 1 heterocycles. The van der Waals surface area contributed by atoms with Crippen LogP contribution in [0.5, 0.6) is 0 Å². The molecule has 0 fully saturated rings. The number of amides is 1. The predicted molar refractivity (Wildman–Crippen MR) is 107 cm³/mol. The molecule has 3 aromatic rings. The molecular formula is C22H24N4O. The van der Waals surface area contributed by atoms with Crippen molar-refractivity contribution in [3.05, 3.63) is 84.0 Å². The first kappa shape index (κ1) is 18.6. The van der Waals surface area contributed by atoms with Gasteiger partial charge in [-0.2, -0.15) is 5.10 Å². The number of aromatic nitrogens is 3. The van der Waals surface area contributed by atoms with E-state index in [1.54, 1.807) is 22.0 Å². The number of rotatable bonds is 6. The summed E-state index contributed by atoms with van der Waals surface area (Å²) in [5, 5.41) is 4.12. The largest absolute Gasteiger partial charge is 0.335 e. The molecule has 27 heavy (non-hydrogen) atoms. The summed E-state index contributed by atoms with van der Waals surface area (Å²) in [4.78, 5) is 18.2. The second kappa shape index (κ2) is 8.45. The van der Waals surface area contributed by atoms with E-state index in [1.807, 2.05) is 56.4 Å². The molecule has 0 aliphatic heterocycles. The van der Waals surface area contributed by atoms with Gasteiger partial charge in [0.05, 0.1) is 11.7 Å². The van der Waals surface area contributed by atoms with Crippen molar-refractivity contribution >= 4 is 12.0 Å². The van der Waals surface area contributed by atoms with Gasteiger partial charge in [-0.05, 0) is 48.2 Å². The first-order valence-electron chi connectivity index (χ1n) is 9.07. The third kappa shape index (κ3) is 4.50. The zero-order valence-electron chi connectivity index (χ0n) is 15.9. The molecular weight excluding hydrogens is 336 g/mol. The molecule has 1 aromatic heterocycles. The van der Waals surface area contributed by atoms with E-state index in [0.29, 0.717) is 0 Å². The Morgan fingerprint density at radius 1 is 1.15 bits per heavy atom. The molecule has 5 nitrogen and oxygen atoms in total. The maximum Gasteiger partial charge on any atom is 0.246 e. The highest BCUT2D eigenvalue weighted by Gasteiger charge is 2.15. The summed E-state index contributed by atoms with van der Waals surface area (Å²) >= 11 is 0. The monoisotopic (exact) mass is 360 g/mol. The summed E-state index contributed by atoms with van der Waals surface area (Å²) in [6, 6.07) is 16.2. The Balaban J connectivity index is 1.65. The van der Waals surface area contributed by atoms with E-state index in [9.17, 15) is 4.79 Å². The van der Waals surface area contributed by atoms with E-state index in [-0.39, 0.29) is 11.9 Å². The fourth-order valence-corrected chi connectivity index (χ4v) is 2.81. The number of likely N-dealkylation sites (N-methyl/N-ethyl adjacent to an activating group) is 1. The SMILES string of the molecule is CCc1ccc(/C=C/C(=O)N(C)[C@@H](C)c2ccc(-n3cncn3)cc2)cc1. The Morgan fingerprint density at radius 2 is 1.85 bits per heavy atom. The van der Waals surface area contributed by atoms with Crippen LogP contribution in [0, 0.1) is 0 Å². The number of hydrogen-bond acceptors (Lipinski definition) is 3. The summed E-state index contributed by atoms with van der Waals surface area (Å²) in [6.45, 7) is 4.15. The summed E-state index contributed by atoms with van der Waals surface area (Å²) in [5.41, 5.74) is 4.32. The van der Waals surface area contributed by atoms with Crippen molar-refractivity contribution in [1.82, 2.24) is 19.7 Å². The Hall–Kier alpha value is -3.21. The van der Waals surface area contributed by atoms with E-state index in [1.165, 1.54) is 11.9 Å². The van der Waals surface area contributed by atoms with Crippen molar-refractivity contribution in [3.8, 4) is 5.69 Å². The average Bonchev–Trinajstić information content (AvgIpc) is 3.26.